The Balaban J connectivity index is 1.30. The number of nitrogens with zero attached hydrogens (tertiary/aromatic N) is 5. The number of pyridine rings is 1. The van der Waals surface area contributed by atoms with E-state index >= 15 is 0 Å². The summed E-state index contributed by atoms with van der Waals surface area (Å²) in [5, 5.41) is 8.02. The molecule has 0 aliphatic heterocycles. The van der Waals surface area contributed by atoms with Crippen molar-refractivity contribution in [3.05, 3.63) is 72.7 Å². The van der Waals surface area contributed by atoms with Gasteiger partial charge in [-0.15, -0.1) is 0 Å². The van der Waals surface area contributed by atoms with Gasteiger partial charge in [0.2, 0.25) is 5.95 Å². The first-order chi connectivity index (χ1) is 18.3. The number of hydrogen-bond donors (Lipinski definition) is 2. The second-order valence-electron chi connectivity index (χ2n) is 9.57. The van der Waals surface area contributed by atoms with E-state index in [1.807, 2.05) is 42.9 Å². The molecule has 0 radical (unpaired) electrons. The zero-order chi connectivity index (χ0) is 25.0. The van der Waals surface area contributed by atoms with Crippen molar-refractivity contribution in [1.29, 1.82) is 0 Å². The van der Waals surface area contributed by atoms with Gasteiger partial charge in [-0.3, -0.25) is 4.98 Å². The molecule has 2 N–H and O–H groups in total. The lowest BCUT2D eigenvalue weighted by molar-refractivity contribution is 0.358. The van der Waals surface area contributed by atoms with Crippen molar-refractivity contribution in [3.63, 3.8) is 0 Å². The Kier molecular flexibility index (Phi) is 6.54. The molecular weight excluding hydrogens is 462 g/mol. The average molecular weight is 494 g/mol. The molecule has 0 atom stereocenters. The SMILES string of the molecule is COc1ccc(CCNc2nc(Nc3ccc4ncccc4c3)nc3c2ncn3C2CCCCC2)cc1. The molecule has 1 aliphatic rings. The summed E-state index contributed by atoms with van der Waals surface area (Å²) in [5.41, 5.74) is 4.80. The first-order valence-electron chi connectivity index (χ1n) is 13.0. The van der Waals surface area contributed by atoms with Gasteiger partial charge in [0.25, 0.3) is 0 Å². The van der Waals surface area contributed by atoms with Gasteiger partial charge in [0.1, 0.15) is 5.75 Å². The molecule has 37 heavy (non-hydrogen) atoms. The molecule has 188 valence electrons. The molecule has 0 saturated heterocycles. The van der Waals surface area contributed by atoms with Crippen LogP contribution < -0.4 is 15.4 Å². The zero-order valence-electron chi connectivity index (χ0n) is 21.0. The highest BCUT2D eigenvalue weighted by Crippen LogP contribution is 2.32. The van der Waals surface area contributed by atoms with Gasteiger partial charge in [0, 0.05) is 29.9 Å². The predicted octanol–water partition coefficient (Wildman–Crippen LogP) is 6.29. The molecule has 0 bridgehead atoms. The molecule has 0 unspecified atom stereocenters. The molecule has 1 aliphatic carbocycles. The molecule has 1 fully saturated rings. The summed E-state index contributed by atoms with van der Waals surface area (Å²) < 4.78 is 7.53. The van der Waals surface area contributed by atoms with Gasteiger partial charge in [-0.1, -0.05) is 37.5 Å². The first kappa shape index (κ1) is 23.2. The van der Waals surface area contributed by atoms with Crippen molar-refractivity contribution >= 4 is 39.5 Å². The molecule has 0 spiro atoms. The van der Waals surface area contributed by atoms with Gasteiger partial charge < -0.3 is 19.9 Å². The number of benzene rings is 2. The Bertz CT molecular complexity index is 1510. The van der Waals surface area contributed by atoms with Crippen LogP contribution in [-0.2, 0) is 6.42 Å². The van der Waals surface area contributed by atoms with Crippen LogP contribution in [0.25, 0.3) is 22.1 Å². The van der Waals surface area contributed by atoms with Gasteiger partial charge >= 0.3 is 0 Å². The number of hydrogen-bond acceptors (Lipinski definition) is 7. The first-order valence-corrected chi connectivity index (χ1v) is 13.0. The molecule has 8 heteroatoms. The number of fused-ring (bicyclic) bond motifs is 2. The van der Waals surface area contributed by atoms with E-state index in [-0.39, 0.29) is 0 Å². The van der Waals surface area contributed by atoms with Crippen LogP contribution in [0.2, 0.25) is 0 Å². The van der Waals surface area contributed by atoms with E-state index in [4.69, 9.17) is 19.7 Å². The van der Waals surface area contributed by atoms with Gasteiger partial charge in [0.05, 0.1) is 19.0 Å². The summed E-state index contributed by atoms with van der Waals surface area (Å²) in [6, 6.07) is 18.7. The average Bonchev–Trinajstić information content (AvgIpc) is 3.38. The van der Waals surface area contributed by atoms with Crippen LogP contribution in [0.5, 0.6) is 5.75 Å². The molecule has 2 aromatic carbocycles. The minimum atomic E-state index is 0.431. The lowest BCUT2D eigenvalue weighted by Crippen LogP contribution is -2.13. The van der Waals surface area contributed by atoms with E-state index < -0.39 is 0 Å². The lowest BCUT2D eigenvalue weighted by atomic mass is 9.95. The lowest BCUT2D eigenvalue weighted by Gasteiger charge is -2.23. The largest absolute Gasteiger partial charge is 0.497 e. The number of aromatic nitrogens is 5. The second kappa shape index (κ2) is 10.4. The highest BCUT2D eigenvalue weighted by Gasteiger charge is 2.21. The molecule has 8 nitrogen and oxygen atoms in total. The number of imidazole rings is 1. The molecule has 3 aromatic heterocycles. The summed E-state index contributed by atoms with van der Waals surface area (Å²) in [5.74, 6) is 2.17. The maximum Gasteiger partial charge on any atom is 0.231 e. The van der Waals surface area contributed by atoms with Crippen molar-refractivity contribution in [2.45, 2.75) is 44.6 Å². The summed E-state index contributed by atoms with van der Waals surface area (Å²) in [6.07, 6.45) is 10.7. The number of ether oxygens (including phenoxy) is 1. The van der Waals surface area contributed by atoms with Gasteiger partial charge in [0.15, 0.2) is 17.0 Å². The normalized spacial score (nSPS) is 14.2. The second-order valence-corrected chi connectivity index (χ2v) is 9.57. The Morgan fingerprint density at radius 1 is 0.973 bits per heavy atom. The molecule has 3 heterocycles. The number of nitrogens with one attached hydrogen (secondary N) is 2. The zero-order valence-corrected chi connectivity index (χ0v) is 21.0. The van der Waals surface area contributed by atoms with Crippen LogP contribution in [-0.4, -0.2) is 38.2 Å². The minimum Gasteiger partial charge on any atom is -0.497 e. The van der Waals surface area contributed by atoms with Crippen molar-refractivity contribution in [3.8, 4) is 5.75 Å². The van der Waals surface area contributed by atoms with Crippen LogP contribution in [0.3, 0.4) is 0 Å². The number of anilines is 3. The van der Waals surface area contributed by atoms with Crippen LogP contribution in [0, 0.1) is 0 Å². The van der Waals surface area contributed by atoms with Crippen molar-refractivity contribution in [2.24, 2.45) is 0 Å². The maximum atomic E-state index is 5.28. The number of methoxy groups -OCH3 is 1. The van der Waals surface area contributed by atoms with Gasteiger partial charge in [-0.25, -0.2) is 4.98 Å². The monoisotopic (exact) mass is 493 g/mol. The van der Waals surface area contributed by atoms with E-state index in [0.717, 1.165) is 65.1 Å². The Hall–Kier alpha value is -4.20. The quantitative estimate of drug-likeness (QED) is 0.263. The fourth-order valence-corrected chi connectivity index (χ4v) is 5.12. The standard InChI is InChI=1S/C29H31N7O/c1-37-24-12-9-20(10-13-24)15-17-31-27-26-28(36(19-32-26)23-7-3-2-4-8-23)35-29(34-27)33-22-11-14-25-21(18-22)6-5-16-30-25/h5-6,9-14,16,18-19,23H,2-4,7-8,15,17H2,1H3,(H2,31,33,34,35). The summed E-state index contributed by atoms with van der Waals surface area (Å²) >= 11 is 0. The Morgan fingerprint density at radius 2 is 1.84 bits per heavy atom. The van der Waals surface area contributed by atoms with Gasteiger partial charge in [-0.05, 0) is 61.2 Å². The Morgan fingerprint density at radius 3 is 2.68 bits per heavy atom. The summed E-state index contributed by atoms with van der Waals surface area (Å²) in [7, 11) is 1.68. The Labute approximate surface area is 216 Å². The number of rotatable bonds is 8. The fourth-order valence-electron chi connectivity index (χ4n) is 5.12. The smallest absolute Gasteiger partial charge is 0.231 e. The van der Waals surface area contributed by atoms with Crippen molar-refractivity contribution < 1.29 is 4.74 Å². The third-order valence-electron chi connectivity index (χ3n) is 7.11. The van der Waals surface area contributed by atoms with E-state index in [2.05, 4.69) is 44.5 Å². The van der Waals surface area contributed by atoms with Crippen LogP contribution in [0.1, 0.15) is 43.7 Å². The van der Waals surface area contributed by atoms with Crippen LogP contribution >= 0.6 is 0 Å². The highest BCUT2D eigenvalue weighted by atomic mass is 16.5. The molecular formula is C29H31N7O. The minimum absolute atomic E-state index is 0.431. The van der Waals surface area contributed by atoms with Crippen LogP contribution in [0.15, 0.2) is 67.1 Å². The summed E-state index contributed by atoms with van der Waals surface area (Å²) in [4.78, 5) is 19.0. The van der Waals surface area contributed by atoms with E-state index in [1.54, 1.807) is 7.11 Å². The van der Waals surface area contributed by atoms with E-state index in [1.165, 1.54) is 24.8 Å². The van der Waals surface area contributed by atoms with E-state index in [0.29, 0.717) is 12.0 Å². The molecule has 5 aromatic rings. The predicted molar refractivity (Wildman–Crippen MR) is 148 cm³/mol. The van der Waals surface area contributed by atoms with Crippen LogP contribution in [0.4, 0.5) is 17.5 Å². The maximum absolute atomic E-state index is 5.28. The topological polar surface area (TPSA) is 89.8 Å². The summed E-state index contributed by atoms with van der Waals surface area (Å²) in [6.45, 7) is 0.732. The fraction of sp³-hybridized carbons (Fsp3) is 0.310. The third kappa shape index (κ3) is 5.05. The van der Waals surface area contributed by atoms with Crippen molar-refractivity contribution in [1.82, 2.24) is 24.5 Å². The third-order valence-corrected chi connectivity index (χ3v) is 7.11. The van der Waals surface area contributed by atoms with E-state index in [9.17, 15) is 0 Å². The molecule has 1 saturated carbocycles. The van der Waals surface area contributed by atoms with Gasteiger partial charge in [-0.2, -0.15) is 9.97 Å². The highest BCUT2D eigenvalue weighted by molar-refractivity contribution is 5.86. The van der Waals surface area contributed by atoms with Crippen molar-refractivity contribution in [2.75, 3.05) is 24.3 Å². The molecule has 0 amide bonds. The molecule has 6 rings (SSSR count).